The van der Waals surface area contributed by atoms with E-state index in [1.54, 1.807) is 45.0 Å². The highest BCUT2D eigenvalue weighted by molar-refractivity contribution is 7.14. The third kappa shape index (κ3) is 5.74. The number of rotatable bonds is 9. The number of aromatic nitrogens is 1. The van der Waals surface area contributed by atoms with Crippen molar-refractivity contribution in [2.45, 2.75) is 41.0 Å². The molecule has 0 radical (unpaired) electrons. The Hall–Kier alpha value is -4.47. The molecule has 0 atom stereocenters. The third-order valence-corrected chi connectivity index (χ3v) is 7.21. The van der Waals surface area contributed by atoms with Gasteiger partial charge in [0.25, 0.3) is 0 Å². The molecule has 2 heterocycles. The van der Waals surface area contributed by atoms with Crippen molar-refractivity contribution in [3.8, 4) is 17.8 Å². The Bertz CT molecular complexity index is 1510. The highest BCUT2D eigenvalue weighted by Gasteiger charge is 2.24. The first-order valence-corrected chi connectivity index (χ1v) is 12.8. The van der Waals surface area contributed by atoms with Gasteiger partial charge in [-0.2, -0.15) is 10.5 Å². The van der Waals surface area contributed by atoms with Gasteiger partial charge >= 0.3 is 11.9 Å². The molecule has 0 unspecified atom stereocenters. The van der Waals surface area contributed by atoms with Crippen LogP contribution in [0.15, 0.2) is 35.9 Å². The molecule has 0 saturated carbocycles. The second kappa shape index (κ2) is 12.2. The average molecular weight is 530 g/mol. The van der Waals surface area contributed by atoms with E-state index >= 15 is 0 Å². The lowest BCUT2D eigenvalue weighted by molar-refractivity contribution is -0.114. The van der Waals surface area contributed by atoms with Crippen LogP contribution in [0.25, 0.3) is 11.8 Å². The van der Waals surface area contributed by atoms with E-state index in [1.165, 1.54) is 6.08 Å². The fraction of sp³-hybridized carbons (Fsp3) is 0.276. The lowest BCUT2D eigenvalue weighted by atomic mass is 10.0. The number of allylic oxidation sites excluding steroid dienone is 1. The zero-order valence-corrected chi connectivity index (χ0v) is 22.7. The molecular weight excluding hydrogens is 502 g/mol. The van der Waals surface area contributed by atoms with Crippen molar-refractivity contribution in [3.63, 3.8) is 0 Å². The number of esters is 2. The molecule has 0 fully saturated rings. The molecule has 0 aliphatic carbocycles. The molecule has 0 spiro atoms. The summed E-state index contributed by atoms with van der Waals surface area (Å²) in [7, 11) is 0. The third-order valence-electron chi connectivity index (χ3n) is 5.94. The van der Waals surface area contributed by atoms with Crippen LogP contribution in [-0.4, -0.2) is 35.5 Å². The molecule has 0 aliphatic heterocycles. The van der Waals surface area contributed by atoms with Gasteiger partial charge in [0.05, 0.1) is 29.9 Å². The number of ketones is 1. The van der Waals surface area contributed by atoms with Crippen LogP contribution in [0.5, 0.6) is 0 Å². The first-order valence-electron chi connectivity index (χ1n) is 12.0. The van der Waals surface area contributed by atoms with Gasteiger partial charge in [0, 0.05) is 28.4 Å². The number of benzene rings is 1. The standard InChI is InChI=1S/C29H27N3O5S/c1-6-36-28(34)20-8-10-23(11-9-20)32-17(3)12-21(19(32)5)13-22(15-30)25(33)14-26-24(16-31)18(4)27(38-26)29(35)37-7-2/h8-13H,6-7,14H2,1-5H3/b22-13+. The minimum Gasteiger partial charge on any atom is -0.462 e. The summed E-state index contributed by atoms with van der Waals surface area (Å²) in [6, 6.07) is 12.9. The normalized spacial score (nSPS) is 11.0. The van der Waals surface area contributed by atoms with Crippen LogP contribution in [0, 0.1) is 43.4 Å². The Kier molecular flexibility index (Phi) is 9.01. The average Bonchev–Trinajstić information content (AvgIpc) is 3.36. The van der Waals surface area contributed by atoms with Crippen molar-refractivity contribution in [2.24, 2.45) is 0 Å². The Labute approximate surface area is 225 Å². The summed E-state index contributed by atoms with van der Waals surface area (Å²) in [5.41, 5.74) is 4.31. The van der Waals surface area contributed by atoms with Crippen LogP contribution >= 0.6 is 11.3 Å². The van der Waals surface area contributed by atoms with Gasteiger partial charge < -0.3 is 14.0 Å². The second-order valence-electron chi connectivity index (χ2n) is 8.39. The SMILES string of the molecule is CCOC(=O)c1ccc(-n2c(C)cc(/C=C(\C#N)C(=O)Cc3sc(C(=O)OCC)c(C)c3C#N)c2C)cc1. The van der Waals surface area contributed by atoms with Crippen LogP contribution in [0.1, 0.15) is 66.8 Å². The Morgan fingerprint density at radius 1 is 1.00 bits per heavy atom. The number of thiophene rings is 1. The molecular formula is C29H27N3O5S. The molecule has 1 aromatic carbocycles. The molecule has 194 valence electrons. The molecule has 38 heavy (non-hydrogen) atoms. The van der Waals surface area contributed by atoms with Crippen molar-refractivity contribution in [1.29, 1.82) is 10.5 Å². The van der Waals surface area contributed by atoms with Gasteiger partial charge in [0.15, 0.2) is 5.78 Å². The van der Waals surface area contributed by atoms with Crippen molar-refractivity contribution < 1.29 is 23.9 Å². The quantitative estimate of drug-likeness (QED) is 0.206. The Morgan fingerprint density at radius 2 is 1.63 bits per heavy atom. The molecule has 0 saturated heterocycles. The highest BCUT2D eigenvalue weighted by atomic mass is 32.1. The summed E-state index contributed by atoms with van der Waals surface area (Å²) in [6.07, 6.45) is 1.36. The lowest BCUT2D eigenvalue weighted by Crippen LogP contribution is -2.06. The summed E-state index contributed by atoms with van der Waals surface area (Å²) >= 11 is 1.04. The van der Waals surface area contributed by atoms with E-state index in [-0.39, 0.29) is 29.0 Å². The lowest BCUT2D eigenvalue weighted by Gasteiger charge is -2.10. The van der Waals surface area contributed by atoms with Crippen molar-refractivity contribution in [2.75, 3.05) is 13.2 Å². The number of hydrogen-bond donors (Lipinski definition) is 0. The number of carbonyl (C=O) groups excluding carboxylic acids is 3. The van der Waals surface area contributed by atoms with Crippen LogP contribution in [0.2, 0.25) is 0 Å². The van der Waals surface area contributed by atoms with Crippen LogP contribution in [0.4, 0.5) is 0 Å². The second-order valence-corrected chi connectivity index (χ2v) is 9.49. The maximum Gasteiger partial charge on any atom is 0.348 e. The fourth-order valence-corrected chi connectivity index (χ4v) is 5.25. The van der Waals surface area contributed by atoms with E-state index in [0.717, 1.165) is 28.4 Å². The van der Waals surface area contributed by atoms with E-state index in [4.69, 9.17) is 9.47 Å². The summed E-state index contributed by atoms with van der Waals surface area (Å²) in [6.45, 7) is 9.35. The number of aryl methyl sites for hydroxylation is 1. The summed E-state index contributed by atoms with van der Waals surface area (Å²) < 4.78 is 12.1. The molecule has 8 nitrogen and oxygen atoms in total. The van der Waals surface area contributed by atoms with Crippen molar-refractivity contribution in [1.82, 2.24) is 4.57 Å². The summed E-state index contributed by atoms with van der Waals surface area (Å²) in [5, 5.41) is 19.4. The number of nitriles is 2. The molecule has 0 amide bonds. The van der Waals surface area contributed by atoms with Gasteiger partial charge in [0.1, 0.15) is 17.0 Å². The molecule has 0 aliphatic rings. The maximum absolute atomic E-state index is 13.1. The van der Waals surface area contributed by atoms with Crippen LogP contribution in [0.3, 0.4) is 0 Å². The fourth-order valence-electron chi connectivity index (χ4n) is 4.10. The topological polar surface area (TPSA) is 122 Å². The molecule has 9 heteroatoms. The highest BCUT2D eigenvalue weighted by Crippen LogP contribution is 2.30. The minimum absolute atomic E-state index is 0.0597. The van der Waals surface area contributed by atoms with Gasteiger partial charge in [-0.05, 0) is 82.2 Å². The van der Waals surface area contributed by atoms with Crippen molar-refractivity contribution >= 4 is 35.1 Å². The first kappa shape index (κ1) is 28.1. The number of nitrogens with zero attached hydrogens (tertiary/aromatic N) is 3. The van der Waals surface area contributed by atoms with Gasteiger partial charge in [-0.1, -0.05) is 0 Å². The Balaban J connectivity index is 1.91. The smallest absolute Gasteiger partial charge is 0.348 e. The van der Waals surface area contributed by atoms with Gasteiger partial charge in [-0.15, -0.1) is 11.3 Å². The van der Waals surface area contributed by atoms with E-state index in [9.17, 15) is 24.9 Å². The van der Waals surface area contributed by atoms with Crippen LogP contribution in [-0.2, 0) is 20.7 Å². The molecule has 0 bridgehead atoms. The van der Waals surface area contributed by atoms with Gasteiger partial charge in [0.2, 0.25) is 0 Å². The molecule has 3 aromatic rings. The van der Waals surface area contributed by atoms with E-state index in [2.05, 4.69) is 6.07 Å². The molecule has 2 aromatic heterocycles. The van der Waals surface area contributed by atoms with Crippen molar-refractivity contribution in [3.05, 3.63) is 79.3 Å². The van der Waals surface area contributed by atoms with E-state index in [0.29, 0.717) is 28.2 Å². The minimum atomic E-state index is -0.538. The maximum atomic E-state index is 13.1. The summed E-state index contributed by atoms with van der Waals surface area (Å²) in [4.78, 5) is 38.0. The monoisotopic (exact) mass is 529 g/mol. The largest absolute Gasteiger partial charge is 0.462 e. The zero-order chi connectivity index (χ0) is 28.0. The summed E-state index contributed by atoms with van der Waals surface area (Å²) in [5.74, 6) is -1.39. The molecule has 3 rings (SSSR count). The number of Topliss-reactive ketones (excluding diaryl/α,β-unsaturated/α-hetero) is 1. The zero-order valence-electron chi connectivity index (χ0n) is 21.9. The number of carbonyl (C=O) groups is 3. The van der Waals surface area contributed by atoms with Gasteiger partial charge in [-0.3, -0.25) is 4.79 Å². The van der Waals surface area contributed by atoms with E-state index in [1.807, 2.05) is 30.6 Å². The predicted octanol–water partition coefficient (Wildman–Crippen LogP) is 5.41. The first-order chi connectivity index (χ1) is 18.2. The van der Waals surface area contributed by atoms with Crippen LogP contribution < -0.4 is 0 Å². The van der Waals surface area contributed by atoms with E-state index < -0.39 is 17.7 Å². The molecule has 0 N–H and O–H groups in total. The van der Waals surface area contributed by atoms with Gasteiger partial charge in [-0.25, -0.2) is 9.59 Å². The Morgan fingerprint density at radius 3 is 2.21 bits per heavy atom. The number of ether oxygens (including phenoxy) is 2. The number of hydrogen-bond acceptors (Lipinski definition) is 8. The predicted molar refractivity (Wildman–Crippen MR) is 143 cm³/mol.